The highest BCUT2D eigenvalue weighted by molar-refractivity contribution is 5.79. The molecule has 0 aliphatic rings. The molecule has 18 heavy (non-hydrogen) atoms. The highest BCUT2D eigenvalue weighted by Crippen LogP contribution is 2.20. The second-order valence-electron chi connectivity index (χ2n) is 4.77. The Hall–Kier alpha value is -1.84. The minimum absolute atomic E-state index is 0.241. The number of carboxylic acids is 2. The molecule has 2 atom stereocenters. The van der Waals surface area contributed by atoms with Crippen LogP contribution in [0.3, 0.4) is 0 Å². The van der Waals surface area contributed by atoms with E-state index in [2.05, 4.69) is 0 Å². The minimum Gasteiger partial charge on any atom is -0.481 e. The van der Waals surface area contributed by atoms with Crippen molar-refractivity contribution in [1.82, 2.24) is 0 Å². The summed E-state index contributed by atoms with van der Waals surface area (Å²) in [5.41, 5.74) is 2.97. The van der Waals surface area contributed by atoms with E-state index in [-0.39, 0.29) is 6.42 Å². The zero-order valence-corrected chi connectivity index (χ0v) is 10.8. The monoisotopic (exact) mass is 250 g/mol. The Morgan fingerprint density at radius 3 is 1.94 bits per heavy atom. The van der Waals surface area contributed by atoms with Crippen LogP contribution >= 0.6 is 0 Å². The molecule has 0 bridgehead atoms. The minimum atomic E-state index is -1.08. The molecule has 0 aliphatic carbocycles. The highest BCUT2D eigenvalue weighted by Gasteiger charge is 2.30. The summed E-state index contributed by atoms with van der Waals surface area (Å²) in [6.45, 7) is 5.31. The van der Waals surface area contributed by atoms with E-state index < -0.39 is 23.8 Å². The van der Waals surface area contributed by atoms with Crippen molar-refractivity contribution < 1.29 is 19.8 Å². The van der Waals surface area contributed by atoms with Crippen LogP contribution in [-0.2, 0) is 16.0 Å². The molecule has 0 heterocycles. The van der Waals surface area contributed by atoms with Gasteiger partial charge in [0.1, 0.15) is 0 Å². The first-order chi connectivity index (χ1) is 8.31. The van der Waals surface area contributed by atoms with E-state index in [1.165, 1.54) is 6.92 Å². The maximum absolute atomic E-state index is 11.2. The van der Waals surface area contributed by atoms with Crippen molar-refractivity contribution in [2.45, 2.75) is 27.2 Å². The molecule has 1 aromatic rings. The molecule has 0 radical (unpaired) electrons. The molecule has 4 heteroatoms. The molecule has 0 aliphatic heterocycles. The number of benzene rings is 1. The second-order valence-corrected chi connectivity index (χ2v) is 4.77. The van der Waals surface area contributed by atoms with Gasteiger partial charge in [-0.1, -0.05) is 36.2 Å². The summed E-state index contributed by atoms with van der Waals surface area (Å²) < 4.78 is 0. The maximum Gasteiger partial charge on any atom is 0.307 e. The van der Waals surface area contributed by atoms with Crippen molar-refractivity contribution in [2.24, 2.45) is 11.8 Å². The fourth-order valence-corrected chi connectivity index (χ4v) is 2.09. The third-order valence-corrected chi connectivity index (χ3v) is 3.05. The molecular formula is C14H18O4. The van der Waals surface area contributed by atoms with Gasteiger partial charge in [-0.2, -0.15) is 0 Å². The van der Waals surface area contributed by atoms with Crippen molar-refractivity contribution in [3.63, 3.8) is 0 Å². The summed E-state index contributed by atoms with van der Waals surface area (Å²) in [5, 5.41) is 18.1. The van der Waals surface area contributed by atoms with Gasteiger partial charge in [-0.15, -0.1) is 0 Å². The first-order valence-corrected chi connectivity index (χ1v) is 5.84. The Balaban J connectivity index is 2.96. The van der Waals surface area contributed by atoms with Crippen LogP contribution in [0.25, 0.3) is 0 Å². The molecule has 0 aromatic heterocycles. The molecule has 2 N–H and O–H groups in total. The van der Waals surface area contributed by atoms with Crippen LogP contribution in [0.5, 0.6) is 0 Å². The van der Waals surface area contributed by atoms with Gasteiger partial charge in [0.15, 0.2) is 0 Å². The Bertz CT molecular complexity index is 445. The predicted molar refractivity (Wildman–Crippen MR) is 67.5 cm³/mol. The van der Waals surface area contributed by atoms with Crippen molar-refractivity contribution in [3.05, 3.63) is 34.9 Å². The van der Waals surface area contributed by atoms with Crippen molar-refractivity contribution >= 4 is 11.9 Å². The highest BCUT2D eigenvalue weighted by atomic mass is 16.4. The molecule has 0 saturated carbocycles. The third-order valence-electron chi connectivity index (χ3n) is 3.05. The number of hydrogen-bond donors (Lipinski definition) is 2. The van der Waals surface area contributed by atoms with Gasteiger partial charge < -0.3 is 10.2 Å². The average Bonchev–Trinajstić information content (AvgIpc) is 2.23. The molecule has 1 aromatic carbocycles. The van der Waals surface area contributed by atoms with Crippen molar-refractivity contribution in [2.75, 3.05) is 0 Å². The van der Waals surface area contributed by atoms with Crippen LogP contribution in [-0.4, -0.2) is 22.2 Å². The maximum atomic E-state index is 11.2. The molecule has 1 rings (SSSR count). The molecule has 0 fully saturated rings. The summed E-state index contributed by atoms with van der Waals surface area (Å²) in [6, 6.07) is 5.80. The van der Waals surface area contributed by atoms with Crippen LogP contribution < -0.4 is 0 Å². The fraction of sp³-hybridized carbons (Fsp3) is 0.429. The van der Waals surface area contributed by atoms with Gasteiger partial charge in [0.25, 0.3) is 0 Å². The normalized spacial score (nSPS) is 13.9. The van der Waals surface area contributed by atoms with Gasteiger partial charge in [0.05, 0.1) is 11.8 Å². The number of aliphatic carboxylic acids is 2. The van der Waals surface area contributed by atoms with E-state index in [9.17, 15) is 9.59 Å². The summed E-state index contributed by atoms with van der Waals surface area (Å²) in [7, 11) is 0. The van der Waals surface area contributed by atoms with Crippen LogP contribution in [0, 0.1) is 25.7 Å². The van der Waals surface area contributed by atoms with Gasteiger partial charge in [-0.3, -0.25) is 9.59 Å². The summed E-state index contributed by atoms with van der Waals surface area (Å²) >= 11 is 0. The SMILES string of the molecule is Cc1cc(C)cc(C[C@@H](C(=O)O)[C@@H](C)C(=O)O)c1. The van der Waals surface area contributed by atoms with Crippen molar-refractivity contribution in [1.29, 1.82) is 0 Å². The molecule has 4 nitrogen and oxygen atoms in total. The predicted octanol–water partition coefficient (Wildman–Crippen LogP) is 2.27. The van der Waals surface area contributed by atoms with Crippen LogP contribution in [0.1, 0.15) is 23.6 Å². The summed E-state index contributed by atoms with van der Waals surface area (Å²) in [5.74, 6) is -3.94. The van der Waals surface area contributed by atoms with Crippen LogP contribution in [0.2, 0.25) is 0 Å². The first kappa shape index (κ1) is 14.2. The number of aryl methyl sites for hydroxylation is 2. The lowest BCUT2D eigenvalue weighted by atomic mass is 9.87. The lowest BCUT2D eigenvalue weighted by Crippen LogP contribution is -2.29. The molecule has 0 spiro atoms. The Kier molecular flexibility index (Phi) is 4.48. The Morgan fingerprint density at radius 1 is 1.06 bits per heavy atom. The Morgan fingerprint density at radius 2 is 1.56 bits per heavy atom. The average molecular weight is 250 g/mol. The summed E-state index contributed by atoms with van der Waals surface area (Å²) in [4.78, 5) is 22.1. The number of carboxylic acid groups (broad SMARTS) is 2. The Labute approximate surface area is 106 Å². The van der Waals surface area contributed by atoms with E-state index >= 15 is 0 Å². The lowest BCUT2D eigenvalue weighted by molar-refractivity contribution is -0.152. The largest absolute Gasteiger partial charge is 0.481 e. The zero-order valence-electron chi connectivity index (χ0n) is 10.8. The molecule has 98 valence electrons. The number of rotatable bonds is 5. The standard InChI is InChI=1S/C14H18O4/c1-8-4-9(2)6-11(5-8)7-12(14(17)18)10(3)13(15)16/h4-6,10,12H,7H2,1-3H3,(H,15,16)(H,17,18)/t10-,12-/m1/s1. The van der Waals surface area contributed by atoms with Gasteiger partial charge in [0, 0.05) is 0 Å². The van der Waals surface area contributed by atoms with Crippen LogP contribution in [0.4, 0.5) is 0 Å². The molecule has 0 unspecified atom stereocenters. The number of carbonyl (C=O) groups is 2. The number of hydrogen-bond acceptors (Lipinski definition) is 2. The van der Waals surface area contributed by atoms with Crippen LogP contribution in [0.15, 0.2) is 18.2 Å². The van der Waals surface area contributed by atoms with Crippen molar-refractivity contribution in [3.8, 4) is 0 Å². The van der Waals surface area contributed by atoms with Gasteiger partial charge in [-0.25, -0.2) is 0 Å². The first-order valence-electron chi connectivity index (χ1n) is 5.84. The second kappa shape index (κ2) is 5.67. The zero-order chi connectivity index (χ0) is 13.9. The molecule has 0 amide bonds. The van der Waals surface area contributed by atoms with E-state index in [1.54, 1.807) is 0 Å². The lowest BCUT2D eigenvalue weighted by Gasteiger charge is -2.17. The van der Waals surface area contributed by atoms with E-state index in [0.29, 0.717) is 0 Å². The quantitative estimate of drug-likeness (QED) is 0.840. The summed E-state index contributed by atoms with van der Waals surface area (Å²) in [6.07, 6.45) is 0.241. The smallest absolute Gasteiger partial charge is 0.307 e. The topological polar surface area (TPSA) is 74.6 Å². The van der Waals surface area contributed by atoms with Gasteiger partial charge in [0.2, 0.25) is 0 Å². The van der Waals surface area contributed by atoms with E-state index in [0.717, 1.165) is 16.7 Å². The van der Waals surface area contributed by atoms with E-state index in [1.807, 2.05) is 32.0 Å². The molecular weight excluding hydrogens is 232 g/mol. The fourth-order valence-electron chi connectivity index (χ4n) is 2.09. The van der Waals surface area contributed by atoms with Gasteiger partial charge >= 0.3 is 11.9 Å². The van der Waals surface area contributed by atoms with E-state index in [4.69, 9.17) is 10.2 Å². The third kappa shape index (κ3) is 3.58. The molecule has 0 saturated heterocycles. The van der Waals surface area contributed by atoms with Gasteiger partial charge in [-0.05, 0) is 25.8 Å².